The number of benzene rings is 1. The zero-order chi connectivity index (χ0) is 24.7. The van der Waals surface area contributed by atoms with Crippen LogP contribution in [0.4, 0.5) is 4.39 Å². The Kier molecular flexibility index (Phi) is 6.29. The van der Waals surface area contributed by atoms with Gasteiger partial charge in [-0.1, -0.05) is 19.1 Å². The molecule has 2 aliphatic heterocycles. The van der Waals surface area contributed by atoms with E-state index in [4.69, 9.17) is 0 Å². The summed E-state index contributed by atoms with van der Waals surface area (Å²) in [5, 5.41) is 13.3. The van der Waals surface area contributed by atoms with Crippen molar-refractivity contribution in [3.8, 4) is 11.1 Å². The van der Waals surface area contributed by atoms with Crippen LogP contribution in [0.5, 0.6) is 0 Å². The fourth-order valence-corrected chi connectivity index (χ4v) is 5.84. The Bertz CT molecular complexity index is 1280. The fourth-order valence-electron chi connectivity index (χ4n) is 5.84. The van der Waals surface area contributed by atoms with Gasteiger partial charge in [-0.15, -0.1) is 0 Å². The Balaban J connectivity index is 1.39. The highest BCUT2D eigenvalue weighted by Crippen LogP contribution is 2.49. The maximum absolute atomic E-state index is 13.4. The molecule has 0 unspecified atom stereocenters. The zero-order valence-electron chi connectivity index (χ0n) is 19.9. The van der Waals surface area contributed by atoms with E-state index in [-0.39, 0.29) is 41.8 Å². The number of hydrogen-bond donors (Lipinski definition) is 2. The van der Waals surface area contributed by atoms with Crippen molar-refractivity contribution in [1.29, 1.82) is 0 Å². The number of aliphatic hydroxyl groups is 1. The van der Waals surface area contributed by atoms with Gasteiger partial charge in [-0.3, -0.25) is 14.5 Å². The van der Waals surface area contributed by atoms with Crippen LogP contribution in [-0.2, 0) is 24.8 Å². The van der Waals surface area contributed by atoms with E-state index in [9.17, 15) is 19.1 Å². The molecular weight excluding hydrogens is 449 g/mol. The highest BCUT2D eigenvalue weighted by atomic mass is 19.1. The molecule has 1 saturated heterocycles. The third-order valence-corrected chi connectivity index (χ3v) is 7.42. The molecular formula is C26H30FN5O3. The third kappa shape index (κ3) is 4.08. The second-order valence-electron chi connectivity index (χ2n) is 9.40. The lowest BCUT2D eigenvalue weighted by Crippen LogP contribution is -2.48. The van der Waals surface area contributed by atoms with Gasteiger partial charge in [0.2, 0.25) is 5.91 Å². The number of likely N-dealkylation sites (N-methyl/N-ethyl adjacent to an activating group) is 1. The van der Waals surface area contributed by atoms with Crippen LogP contribution in [0.15, 0.2) is 53.7 Å². The number of aromatic nitrogens is 3. The molecule has 9 heteroatoms. The topological polar surface area (TPSA) is 92.4 Å². The molecule has 0 bridgehead atoms. The zero-order valence-corrected chi connectivity index (χ0v) is 19.9. The SMILES string of the molecule is CCN1[C@@H]2c3ccc(-c4ccc(F)cc4)c(=O)n3C[C@@H]2[C@@H](CO)[C@@H]1C(=O)NCCc1cn(C)cn1. The summed E-state index contributed by atoms with van der Waals surface area (Å²) in [5.41, 5.74) is 2.82. The number of likely N-dealkylation sites (tertiary alicyclic amines) is 1. The highest BCUT2D eigenvalue weighted by Gasteiger charge is 2.54. The molecule has 1 amide bonds. The minimum atomic E-state index is -0.468. The van der Waals surface area contributed by atoms with Crippen molar-refractivity contribution >= 4 is 5.91 Å². The average Bonchev–Trinajstić information content (AvgIpc) is 3.52. The molecule has 1 aromatic carbocycles. The number of hydrogen-bond acceptors (Lipinski definition) is 5. The number of nitrogens with one attached hydrogen (secondary N) is 1. The quantitative estimate of drug-likeness (QED) is 0.539. The van der Waals surface area contributed by atoms with Crippen LogP contribution in [-0.4, -0.2) is 55.8 Å². The highest BCUT2D eigenvalue weighted by molar-refractivity contribution is 5.82. The lowest BCUT2D eigenvalue weighted by molar-refractivity contribution is -0.127. The first-order valence-electron chi connectivity index (χ1n) is 12.0. The molecule has 4 atom stereocenters. The van der Waals surface area contributed by atoms with Crippen molar-refractivity contribution in [3.63, 3.8) is 0 Å². The normalized spacial score (nSPS) is 23.3. The summed E-state index contributed by atoms with van der Waals surface area (Å²) < 4.78 is 17.0. The monoisotopic (exact) mass is 479 g/mol. The van der Waals surface area contributed by atoms with E-state index >= 15 is 0 Å². The molecule has 3 aromatic rings. The number of imidazole rings is 1. The standard InChI is InChI=1S/C26H30FN5O3/c1-3-31-23-20(21(14-33)24(31)25(34)28-11-10-18-12-30(2)15-29-18)13-32-22(23)9-8-19(26(32)35)16-4-6-17(27)7-5-16/h4-9,12,15,20-21,23-24,33H,3,10-11,13-14H2,1-2H3,(H,28,34)/t20-,21-,23+,24-/m1/s1. The summed E-state index contributed by atoms with van der Waals surface area (Å²) in [4.78, 5) is 33.0. The van der Waals surface area contributed by atoms with E-state index in [1.807, 2.05) is 30.8 Å². The number of rotatable bonds is 7. The number of carbonyl (C=O) groups excluding carboxylic acids is 1. The van der Waals surface area contributed by atoms with Crippen LogP contribution in [0, 0.1) is 17.7 Å². The Hall–Kier alpha value is -3.30. The van der Waals surface area contributed by atoms with Crippen molar-refractivity contribution in [1.82, 2.24) is 24.3 Å². The smallest absolute Gasteiger partial charge is 0.258 e. The van der Waals surface area contributed by atoms with Crippen molar-refractivity contribution in [3.05, 3.63) is 76.5 Å². The minimum Gasteiger partial charge on any atom is -0.396 e. The van der Waals surface area contributed by atoms with Gasteiger partial charge in [-0.25, -0.2) is 9.37 Å². The number of fused-ring (bicyclic) bond motifs is 3. The van der Waals surface area contributed by atoms with Gasteiger partial charge in [0.05, 0.1) is 24.1 Å². The maximum Gasteiger partial charge on any atom is 0.258 e. The number of nitrogens with zero attached hydrogens (tertiary/aromatic N) is 4. The molecule has 35 heavy (non-hydrogen) atoms. The van der Waals surface area contributed by atoms with Gasteiger partial charge in [-0.05, 0) is 36.4 Å². The molecule has 2 aliphatic rings. The molecule has 0 saturated carbocycles. The van der Waals surface area contributed by atoms with Crippen LogP contribution in [0.25, 0.3) is 11.1 Å². The van der Waals surface area contributed by atoms with Crippen LogP contribution in [0.1, 0.15) is 24.4 Å². The molecule has 184 valence electrons. The summed E-state index contributed by atoms with van der Waals surface area (Å²) in [6, 6.07) is 9.03. The van der Waals surface area contributed by atoms with Gasteiger partial charge < -0.3 is 19.6 Å². The summed E-state index contributed by atoms with van der Waals surface area (Å²) in [7, 11) is 1.91. The van der Waals surface area contributed by atoms with E-state index in [0.717, 1.165) is 11.4 Å². The summed E-state index contributed by atoms with van der Waals surface area (Å²) >= 11 is 0. The van der Waals surface area contributed by atoms with Crippen LogP contribution >= 0.6 is 0 Å². The van der Waals surface area contributed by atoms with E-state index < -0.39 is 6.04 Å². The Labute approximate surface area is 203 Å². The van der Waals surface area contributed by atoms with Crippen molar-refractivity contribution in [2.45, 2.75) is 32.0 Å². The minimum absolute atomic E-state index is 0.0531. The van der Waals surface area contributed by atoms with Crippen LogP contribution in [0.2, 0.25) is 0 Å². The van der Waals surface area contributed by atoms with Gasteiger partial charge in [0.15, 0.2) is 0 Å². The Morgan fingerprint density at radius 3 is 2.66 bits per heavy atom. The lowest BCUT2D eigenvalue weighted by atomic mass is 9.88. The molecule has 0 aliphatic carbocycles. The fraction of sp³-hybridized carbons (Fsp3) is 0.423. The lowest BCUT2D eigenvalue weighted by Gasteiger charge is -2.29. The largest absolute Gasteiger partial charge is 0.396 e. The summed E-state index contributed by atoms with van der Waals surface area (Å²) in [6.45, 7) is 3.38. The molecule has 4 heterocycles. The molecule has 2 aromatic heterocycles. The molecule has 5 rings (SSSR count). The average molecular weight is 480 g/mol. The number of pyridine rings is 1. The van der Waals surface area contributed by atoms with Gasteiger partial charge in [-0.2, -0.15) is 0 Å². The van der Waals surface area contributed by atoms with Crippen LogP contribution in [0.3, 0.4) is 0 Å². The van der Waals surface area contributed by atoms with E-state index in [2.05, 4.69) is 15.2 Å². The summed E-state index contributed by atoms with van der Waals surface area (Å²) in [5.74, 6) is -0.794. The second kappa shape index (κ2) is 9.39. The van der Waals surface area contributed by atoms with E-state index in [1.54, 1.807) is 29.1 Å². The predicted molar refractivity (Wildman–Crippen MR) is 129 cm³/mol. The van der Waals surface area contributed by atoms with E-state index in [0.29, 0.717) is 37.2 Å². The van der Waals surface area contributed by atoms with Gasteiger partial charge >= 0.3 is 0 Å². The van der Waals surface area contributed by atoms with Crippen molar-refractivity contribution < 1.29 is 14.3 Å². The van der Waals surface area contributed by atoms with Crippen molar-refractivity contribution in [2.75, 3.05) is 19.7 Å². The Morgan fingerprint density at radius 2 is 2.00 bits per heavy atom. The maximum atomic E-state index is 13.4. The molecule has 8 nitrogen and oxygen atoms in total. The van der Waals surface area contributed by atoms with Crippen LogP contribution < -0.4 is 10.9 Å². The number of amides is 1. The first kappa shape index (κ1) is 23.4. The number of aliphatic hydroxyl groups excluding tert-OH is 1. The van der Waals surface area contributed by atoms with Crippen molar-refractivity contribution in [2.24, 2.45) is 18.9 Å². The van der Waals surface area contributed by atoms with Gasteiger partial charge in [0.25, 0.3) is 5.56 Å². The predicted octanol–water partition coefficient (Wildman–Crippen LogP) is 1.73. The first-order chi connectivity index (χ1) is 16.9. The molecule has 1 fully saturated rings. The molecule has 0 radical (unpaired) electrons. The number of carbonyl (C=O) groups is 1. The second-order valence-corrected chi connectivity index (χ2v) is 9.40. The number of aryl methyl sites for hydroxylation is 1. The van der Waals surface area contributed by atoms with Gasteiger partial charge in [0.1, 0.15) is 5.82 Å². The molecule has 0 spiro atoms. The first-order valence-corrected chi connectivity index (χ1v) is 12.0. The summed E-state index contributed by atoms with van der Waals surface area (Å²) in [6.07, 6.45) is 4.29. The number of halogens is 1. The third-order valence-electron chi connectivity index (χ3n) is 7.42. The Morgan fingerprint density at radius 1 is 1.23 bits per heavy atom. The molecule has 2 N–H and O–H groups in total. The van der Waals surface area contributed by atoms with Gasteiger partial charge in [0, 0.05) is 62.5 Å². The van der Waals surface area contributed by atoms with E-state index in [1.165, 1.54) is 12.1 Å².